The molecule has 0 saturated heterocycles. The Morgan fingerprint density at radius 1 is 0.818 bits per heavy atom. The molecule has 1 aromatic heterocycles. The first-order valence-electron chi connectivity index (χ1n) is 7.81. The van der Waals surface area contributed by atoms with Gasteiger partial charge in [-0.15, -0.1) is 0 Å². The molecule has 22 heavy (non-hydrogen) atoms. The SMILES string of the molecule is CC(C)(C)[O][Sn]([CH2]c1ccoc1)([O]C(C)(C)C)[O]C(C)(C)C. The molecule has 0 spiro atoms. The molecule has 1 heterocycles. The second-order valence-corrected chi connectivity index (χ2v) is 15.3. The van der Waals surface area contributed by atoms with E-state index in [1.54, 1.807) is 12.5 Å². The summed E-state index contributed by atoms with van der Waals surface area (Å²) in [5, 5.41) is 0. The molecule has 0 bridgehead atoms. The zero-order valence-corrected chi connectivity index (χ0v) is 18.4. The van der Waals surface area contributed by atoms with E-state index in [9.17, 15) is 0 Å². The normalized spacial score (nSPS) is 14.4. The van der Waals surface area contributed by atoms with E-state index >= 15 is 0 Å². The Balaban J connectivity index is 3.20. The summed E-state index contributed by atoms with van der Waals surface area (Å²) in [6.07, 6.45) is 3.42. The summed E-state index contributed by atoms with van der Waals surface area (Å²) in [7, 11) is 0. The number of rotatable bonds is 5. The summed E-state index contributed by atoms with van der Waals surface area (Å²) in [4.78, 5) is 0. The van der Waals surface area contributed by atoms with Crippen molar-refractivity contribution in [2.75, 3.05) is 0 Å². The summed E-state index contributed by atoms with van der Waals surface area (Å²) in [5.74, 6) is 0. The van der Waals surface area contributed by atoms with Crippen LogP contribution in [-0.2, 0) is 13.7 Å². The van der Waals surface area contributed by atoms with Crippen molar-refractivity contribution in [1.29, 1.82) is 0 Å². The van der Waals surface area contributed by atoms with Crippen LogP contribution < -0.4 is 0 Å². The number of hydrogen-bond acceptors (Lipinski definition) is 4. The van der Waals surface area contributed by atoms with Crippen molar-refractivity contribution in [3.8, 4) is 0 Å². The van der Waals surface area contributed by atoms with Crippen LogP contribution in [0.5, 0.6) is 0 Å². The van der Waals surface area contributed by atoms with Gasteiger partial charge in [0.1, 0.15) is 0 Å². The van der Waals surface area contributed by atoms with Crippen LogP contribution in [0.4, 0.5) is 0 Å². The average molecular weight is 419 g/mol. The maximum atomic E-state index is 6.47. The molecule has 0 saturated carbocycles. The molecular formula is C17H32O4Sn. The first kappa shape index (κ1) is 20.0. The fourth-order valence-corrected chi connectivity index (χ4v) is 13.2. The molecule has 0 aliphatic heterocycles. The van der Waals surface area contributed by atoms with Gasteiger partial charge >= 0.3 is 141 Å². The van der Waals surface area contributed by atoms with E-state index in [0.29, 0.717) is 4.44 Å². The zero-order chi connectivity index (χ0) is 17.2. The van der Waals surface area contributed by atoms with Crippen molar-refractivity contribution < 1.29 is 13.6 Å². The molecule has 0 fully saturated rings. The van der Waals surface area contributed by atoms with Crippen molar-refractivity contribution in [3.63, 3.8) is 0 Å². The van der Waals surface area contributed by atoms with Gasteiger partial charge in [-0.2, -0.15) is 0 Å². The Labute approximate surface area is 141 Å². The van der Waals surface area contributed by atoms with Crippen LogP contribution in [0.2, 0.25) is 0 Å². The van der Waals surface area contributed by atoms with Gasteiger partial charge in [0.15, 0.2) is 0 Å². The van der Waals surface area contributed by atoms with E-state index in [2.05, 4.69) is 0 Å². The van der Waals surface area contributed by atoms with Gasteiger partial charge < -0.3 is 0 Å². The van der Waals surface area contributed by atoms with Crippen LogP contribution in [0.25, 0.3) is 0 Å². The van der Waals surface area contributed by atoms with E-state index in [4.69, 9.17) is 13.6 Å². The maximum absolute atomic E-state index is 6.47. The van der Waals surface area contributed by atoms with E-state index in [-0.39, 0.29) is 16.8 Å². The van der Waals surface area contributed by atoms with Gasteiger partial charge in [-0.3, -0.25) is 0 Å². The van der Waals surface area contributed by atoms with Gasteiger partial charge in [0.2, 0.25) is 0 Å². The standard InChI is InChI=1S/C5H5O.3C4H9O.Sn/c1-5-2-3-6-4-5;3*1-4(2,3)5;/h2-4H,1H2;3*1-3H3;/q;3*-1;+3. The monoisotopic (exact) mass is 420 g/mol. The summed E-state index contributed by atoms with van der Waals surface area (Å²) in [6, 6.07) is 1.95. The number of furan rings is 1. The van der Waals surface area contributed by atoms with Crippen molar-refractivity contribution in [2.45, 2.75) is 83.6 Å². The van der Waals surface area contributed by atoms with E-state index < -0.39 is 19.6 Å². The molecule has 5 heteroatoms. The van der Waals surface area contributed by atoms with Gasteiger partial charge in [-0.1, -0.05) is 0 Å². The van der Waals surface area contributed by atoms with Gasteiger partial charge in [-0.05, 0) is 0 Å². The van der Waals surface area contributed by atoms with Gasteiger partial charge in [0.25, 0.3) is 0 Å². The minimum absolute atomic E-state index is 0.323. The Hall–Kier alpha value is -0.0413. The molecule has 128 valence electrons. The van der Waals surface area contributed by atoms with Crippen molar-refractivity contribution in [3.05, 3.63) is 24.2 Å². The van der Waals surface area contributed by atoms with Crippen LogP contribution in [-0.4, -0.2) is 36.4 Å². The predicted octanol–water partition coefficient (Wildman–Crippen LogP) is 4.75. The van der Waals surface area contributed by atoms with Crippen LogP contribution in [0, 0.1) is 0 Å². The van der Waals surface area contributed by atoms with Gasteiger partial charge in [-0.25, -0.2) is 0 Å². The quantitative estimate of drug-likeness (QED) is 0.647. The summed E-state index contributed by atoms with van der Waals surface area (Å²) in [6.45, 7) is 18.4. The molecule has 0 radical (unpaired) electrons. The van der Waals surface area contributed by atoms with Gasteiger partial charge in [0, 0.05) is 0 Å². The molecule has 0 amide bonds. The summed E-state index contributed by atoms with van der Waals surface area (Å²) >= 11 is -3.88. The van der Waals surface area contributed by atoms with E-state index in [1.165, 1.54) is 0 Å². The molecule has 0 aliphatic rings. The number of hydrogen-bond donors (Lipinski definition) is 0. The second kappa shape index (κ2) is 6.83. The van der Waals surface area contributed by atoms with E-state index in [0.717, 1.165) is 5.56 Å². The Bertz CT molecular complexity index is 406. The Morgan fingerprint density at radius 2 is 1.23 bits per heavy atom. The molecule has 0 unspecified atom stereocenters. The summed E-state index contributed by atoms with van der Waals surface area (Å²) in [5.41, 5.74) is 0.0942. The fourth-order valence-electron chi connectivity index (χ4n) is 2.21. The topological polar surface area (TPSA) is 40.8 Å². The molecule has 4 nitrogen and oxygen atoms in total. The first-order chi connectivity index (χ1) is 9.70. The van der Waals surface area contributed by atoms with Crippen LogP contribution in [0.3, 0.4) is 0 Å². The molecule has 0 atom stereocenters. The molecule has 1 aromatic rings. The molecule has 0 N–H and O–H groups in total. The molecule has 1 rings (SSSR count). The molecule has 0 aromatic carbocycles. The van der Waals surface area contributed by atoms with Crippen LogP contribution >= 0.6 is 0 Å². The third kappa shape index (κ3) is 7.99. The van der Waals surface area contributed by atoms with Crippen molar-refractivity contribution in [2.24, 2.45) is 0 Å². The third-order valence-electron chi connectivity index (χ3n) is 2.39. The fraction of sp³-hybridized carbons (Fsp3) is 0.765. The van der Waals surface area contributed by atoms with Gasteiger partial charge in [0.05, 0.1) is 0 Å². The average Bonchev–Trinajstić information content (AvgIpc) is 2.59. The predicted molar refractivity (Wildman–Crippen MR) is 90.7 cm³/mol. The van der Waals surface area contributed by atoms with E-state index in [1.807, 2.05) is 68.4 Å². The zero-order valence-electron chi connectivity index (χ0n) is 15.6. The second-order valence-electron chi connectivity index (χ2n) is 8.63. The minimum atomic E-state index is -3.88. The van der Waals surface area contributed by atoms with Crippen molar-refractivity contribution >= 4 is 19.6 Å². The Morgan fingerprint density at radius 3 is 1.50 bits per heavy atom. The molecule has 0 aliphatic carbocycles. The summed E-state index contributed by atoms with van der Waals surface area (Å²) < 4.78 is 25.3. The van der Waals surface area contributed by atoms with Crippen molar-refractivity contribution in [1.82, 2.24) is 0 Å². The molecular weight excluding hydrogens is 387 g/mol. The Kier molecular flexibility index (Phi) is 6.21. The third-order valence-corrected chi connectivity index (χ3v) is 12.7. The van der Waals surface area contributed by atoms with Crippen LogP contribution in [0.15, 0.2) is 23.0 Å². The first-order valence-corrected chi connectivity index (χ1v) is 13.3. The van der Waals surface area contributed by atoms with Crippen LogP contribution in [0.1, 0.15) is 67.9 Å².